The number of H-pyrrole nitrogens is 1. The molecule has 9 nitrogen and oxygen atoms in total. The number of benzene rings is 2. The molecule has 0 fully saturated rings. The number of aromatic amines is 1. The van der Waals surface area contributed by atoms with Gasteiger partial charge in [0.15, 0.2) is 11.5 Å². The van der Waals surface area contributed by atoms with E-state index < -0.39 is 5.69 Å². The van der Waals surface area contributed by atoms with Crippen molar-refractivity contribution in [2.45, 2.75) is 19.4 Å². The lowest BCUT2D eigenvalue weighted by atomic mass is 10.2. The Labute approximate surface area is 177 Å². The Hall–Kier alpha value is -3.40. The Morgan fingerprint density at radius 3 is 2.67 bits per heavy atom. The van der Waals surface area contributed by atoms with E-state index in [1.165, 1.54) is 0 Å². The molecule has 10 heteroatoms. The van der Waals surface area contributed by atoms with Crippen molar-refractivity contribution in [3.63, 3.8) is 0 Å². The largest absolute Gasteiger partial charge is 0.454 e. The van der Waals surface area contributed by atoms with Crippen LogP contribution in [0.25, 0.3) is 22.3 Å². The van der Waals surface area contributed by atoms with Gasteiger partial charge in [-0.1, -0.05) is 21.1 Å². The summed E-state index contributed by atoms with van der Waals surface area (Å²) in [5.74, 6) is 1.94. The van der Waals surface area contributed by atoms with E-state index in [0.717, 1.165) is 14.6 Å². The van der Waals surface area contributed by atoms with Crippen molar-refractivity contribution >= 4 is 26.8 Å². The minimum Gasteiger partial charge on any atom is -0.454 e. The van der Waals surface area contributed by atoms with Gasteiger partial charge >= 0.3 is 5.69 Å². The van der Waals surface area contributed by atoms with Gasteiger partial charge in [0.25, 0.3) is 5.56 Å². The predicted molar refractivity (Wildman–Crippen MR) is 111 cm³/mol. The van der Waals surface area contributed by atoms with Crippen LogP contribution in [0.15, 0.2) is 55.0 Å². The Morgan fingerprint density at radius 2 is 1.87 bits per heavy atom. The number of fused-ring (bicyclic) bond motifs is 2. The van der Waals surface area contributed by atoms with E-state index >= 15 is 0 Å². The van der Waals surface area contributed by atoms with Crippen molar-refractivity contribution in [3.05, 3.63) is 67.6 Å². The zero-order valence-electron chi connectivity index (χ0n) is 15.6. The minimum atomic E-state index is -0.479. The van der Waals surface area contributed by atoms with Crippen LogP contribution in [-0.2, 0) is 13.0 Å². The van der Waals surface area contributed by atoms with Crippen LogP contribution >= 0.6 is 15.9 Å². The number of aryl methyl sites for hydroxylation is 1. The third-order valence-corrected chi connectivity index (χ3v) is 5.35. The molecule has 1 aliphatic heterocycles. The maximum atomic E-state index is 12.8. The molecule has 0 saturated carbocycles. The molecule has 0 spiro atoms. The molecular weight excluding hydrogens is 456 g/mol. The van der Waals surface area contributed by atoms with Crippen LogP contribution in [0.2, 0.25) is 0 Å². The van der Waals surface area contributed by atoms with Crippen LogP contribution in [0.5, 0.6) is 11.5 Å². The van der Waals surface area contributed by atoms with Crippen molar-refractivity contribution in [3.8, 4) is 22.9 Å². The predicted octanol–water partition coefficient (Wildman–Crippen LogP) is 2.86. The van der Waals surface area contributed by atoms with Crippen LogP contribution in [0.3, 0.4) is 0 Å². The molecule has 152 valence electrons. The van der Waals surface area contributed by atoms with Crippen LogP contribution in [0.1, 0.15) is 12.3 Å². The van der Waals surface area contributed by atoms with Gasteiger partial charge in [0, 0.05) is 29.1 Å². The minimum absolute atomic E-state index is 0.0938. The summed E-state index contributed by atoms with van der Waals surface area (Å²) in [5, 5.41) is 4.36. The van der Waals surface area contributed by atoms with Gasteiger partial charge in [0.1, 0.15) is 0 Å². The highest BCUT2D eigenvalue weighted by Gasteiger charge is 2.17. The first-order chi connectivity index (χ1) is 14.6. The maximum absolute atomic E-state index is 12.8. The Kier molecular flexibility index (Phi) is 4.62. The Bertz CT molecular complexity index is 1360. The molecule has 0 unspecified atom stereocenters. The normalized spacial score (nSPS) is 12.6. The van der Waals surface area contributed by atoms with Gasteiger partial charge in [0.2, 0.25) is 18.5 Å². The molecule has 1 N–H and O–H groups in total. The topological polar surface area (TPSA) is 112 Å². The smallest absolute Gasteiger partial charge is 0.328 e. The van der Waals surface area contributed by atoms with Gasteiger partial charge < -0.3 is 19.0 Å². The standard InChI is InChI=1S/C20H15BrN4O5/c21-12-5-3-11(4-6-12)18-23-17(30-24-18)2-1-7-25-19(26)13-8-15-16(29-10-28-15)9-14(13)22-20(25)27/h3-6,8-9H,1-2,7,10H2,(H,22,27). The monoisotopic (exact) mass is 470 g/mol. The lowest BCUT2D eigenvalue weighted by Gasteiger charge is -2.06. The zero-order valence-corrected chi connectivity index (χ0v) is 17.1. The van der Waals surface area contributed by atoms with Crippen LogP contribution < -0.4 is 20.7 Å². The van der Waals surface area contributed by atoms with E-state index in [0.29, 0.717) is 47.0 Å². The van der Waals surface area contributed by atoms with Gasteiger partial charge in [-0.25, -0.2) is 4.79 Å². The summed E-state index contributed by atoms with van der Waals surface area (Å²) >= 11 is 3.39. The highest BCUT2D eigenvalue weighted by atomic mass is 79.9. The molecule has 30 heavy (non-hydrogen) atoms. The molecule has 0 radical (unpaired) electrons. The molecule has 0 amide bonds. The zero-order chi connectivity index (χ0) is 20.7. The molecule has 4 aromatic rings. The second-order valence-corrected chi connectivity index (χ2v) is 7.68. The number of aromatic nitrogens is 4. The van der Waals surface area contributed by atoms with Gasteiger partial charge in [-0.05, 0) is 36.8 Å². The summed E-state index contributed by atoms with van der Waals surface area (Å²) < 4.78 is 18.0. The third-order valence-electron chi connectivity index (χ3n) is 4.82. The second kappa shape index (κ2) is 7.45. The Morgan fingerprint density at radius 1 is 1.10 bits per heavy atom. The van der Waals surface area contributed by atoms with E-state index in [1.54, 1.807) is 12.1 Å². The van der Waals surface area contributed by atoms with E-state index in [9.17, 15) is 9.59 Å². The average Bonchev–Trinajstić information content (AvgIpc) is 3.39. The first-order valence-corrected chi connectivity index (χ1v) is 10.0. The fourth-order valence-electron chi connectivity index (χ4n) is 3.31. The van der Waals surface area contributed by atoms with Gasteiger partial charge in [0.05, 0.1) is 10.9 Å². The van der Waals surface area contributed by atoms with E-state index in [2.05, 4.69) is 31.1 Å². The number of halogens is 1. The van der Waals surface area contributed by atoms with Crippen LogP contribution in [-0.4, -0.2) is 26.5 Å². The number of nitrogens with one attached hydrogen (secondary N) is 1. The molecular formula is C20H15BrN4O5. The fourth-order valence-corrected chi connectivity index (χ4v) is 3.57. The second-order valence-electron chi connectivity index (χ2n) is 6.76. The summed E-state index contributed by atoms with van der Waals surface area (Å²) in [5.41, 5.74) is 0.399. The summed E-state index contributed by atoms with van der Waals surface area (Å²) in [4.78, 5) is 32.3. The summed E-state index contributed by atoms with van der Waals surface area (Å²) in [7, 11) is 0. The number of hydrogen-bond donors (Lipinski definition) is 1. The lowest BCUT2D eigenvalue weighted by molar-refractivity contribution is 0.174. The SMILES string of the molecule is O=c1[nH]c2cc3c(cc2c(=O)n1CCCc1nc(-c2ccc(Br)cc2)no1)OCO3. The number of nitrogens with zero attached hydrogens (tertiary/aromatic N) is 3. The Balaban J connectivity index is 1.33. The average molecular weight is 471 g/mol. The molecule has 2 aromatic heterocycles. The first-order valence-electron chi connectivity index (χ1n) is 9.23. The quantitative estimate of drug-likeness (QED) is 0.477. The van der Waals surface area contributed by atoms with Crippen molar-refractivity contribution in [1.29, 1.82) is 0 Å². The van der Waals surface area contributed by atoms with E-state index in [1.807, 2.05) is 24.3 Å². The molecule has 3 heterocycles. The third kappa shape index (κ3) is 3.39. The maximum Gasteiger partial charge on any atom is 0.328 e. The fraction of sp³-hybridized carbons (Fsp3) is 0.200. The van der Waals surface area contributed by atoms with Gasteiger partial charge in [-0.15, -0.1) is 0 Å². The van der Waals surface area contributed by atoms with Crippen molar-refractivity contribution < 1.29 is 14.0 Å². The number of ether oxygens (including phenoxy) is 2. The molecule has 5 rings (SSSR count). The van der Waals surface area contributed by atoms with Crippen LogP contribution in [0.4, 0.5) is 0 Å². The molecule has 0 saturated heterocycles. The molecule has 1 aliphatic rings. The lowest BCUT2D eigenvalue weighted by Crippen LogP contribution is -2.35. The molecule has 0 atom stereocenters. The van der Waals surface area contributed by atoms with Crippen LogP contribution in [0, 0.1) is 0 Å². The molecule has 0 bridgehead atoms. The number of rotatable bonds is 5. The van der Waals surface area contributed by atoms with Crippen molar-refractivity contribution in [1.82, 2.24) is 19.7 Å². The first kappa shape index (κ1) is 18.6. The molecule has 2 aromatic carbocycles. The summed E-state index contributed by atoms with van der Waals surface area (Å²) in [6.45, 7) is 0.311. The van der Waals surface area contributed by atoms with Crippen molar-refractivity contribution in [2.75, 3.05) is 6.79 Å². The number of hydrogen-bond acceptors (Lipinski definition) is 7. The van der Waals surface area contributed by atoms with Gasteiger partial charge in [-0.2, -0.15) is 4.98 Å². The summed E-state index contributed by atoms with van der Waals surface area (Å²) in [6, 6.07) is 10.8. The highest BCUT2D eigenvalue weighted by molar-refractivity contribution is 9.10. The van der Waals surface area contributed by atoms with E-state index in [4.69, 9.17) is 14.0 Å². The molecule has 0 aliphatic carbocycles. The van der Waals surface area contributed by atoms with E-state index in [-0.39, 0.29) is 18.9 Å². The summed E-state index contributed by atoms with van der Waals surface area (Å²) in [6.07, 6.45) is 0.926. The highest BCUT2D eigenvalue weighted by Crippen LogP contribution is 2.34. The van der Waals surface area contributed by atoms with Crippen molar-refractivity contribution in [2.24, 2.45) is 0 Å². The van der Waals surface area contributed by atoms with Gasteiger partial charge in [-0.3, -0.25) is 9.36 Å².